The van der Waals surface area contributed by atoms with E-state index in [1.54, 1.807) is 28.8 Å². The van der Waals surface area contributed by atoms with E-state index in [1.807, 2.05) is 13.0 Å². The summed E-state index contributed by atoms with van der Waals surface area (Å²) in [7, 11) is 1.74. The molecule has 1 atom stereocenters. The molecule has 0 aromatic carbocycles. The summed E-state index contributed by atoms with van der Waals surface area (Å²) >= 11 is 0. The summed E-state index contributed by atoms with van der Waals surface area (Å²) in [5.74, 6) is -0.0340. The van der Waals surface area contributed by atoms with Gasteiger partial charge in [-0.15, -0.1) is 0 Å². The quantitative estimate of drug-likeness (QED) is 0.844. The lowest BCUT2D eigenvalue weighted by atomic mass is 9.96. The predicted molar refractivity (Wildman–Crippen MR) is 74.1 cm³/mol. The predicted octanol–water partition coefficient (Wildman–Crippen LogP) is 1.87. The van der Waals surface area contributed by atoms with Crippen LogP contribution in [0, 0.1) is 11.3 Å². The first-order valence-corrected chi connectivity index (χ1v) is 6.98. The molecule has 1 aliphatic heterocycles. The third-order valence-electron chi connectivity index (χ3n) is 3.84. The SMILES string of the molecule is CCC(=O)[C@@H]1CCCCN1C(=O)c1cc(C#N)cn1C. The van der Waals surface area contributed by atoms with Crippen LogP contribution in [0.2, 0.25) is 0 Å². The lowest BCUT2D eigenvalue weighted by Gasteiger charge is -2.34. The molecule has 0 saturated carbocycles. The molecule has 1 aromatic heterocycles. The topological polar surface area (TPSA) is 66.1 Å². The van der Waals surface area contributed by atoms with Crippen molar-refractivity contribution < 1.29 is 9.59 Å². The molecule has 5 nitrogen and oxygen atoms in total. The summed E-state index contributed by atoms with van der Waals surface area (Å²) in [6, 6.07) is 3.32. The number of carbonyl (C=O) groups excluding carboxylic acids is 2. The molecular formula is C15H19N3O2. The summed E-state index contributed by atoms with van der Waals surface area (Å²) in [6.07, 6.45) is 4.73. The molecule has 0 aliphatic carbocycles. The third kappa shape index (κ3) is 2.60. The summed E-state index contributed by atoms with van der Waals surface area (Å²) in [6.45, 7) is 2.44. The van der Waals surface area contributed by atoms with Crippen molar-refractivity contribution in [1.29, 1.82) is 5.26 Å². The molecule has 0 spiro atoms. The van der Waals surface area contributed by atoms with Gasteiger partial charge in [-0.2, -0.15) is 5.26 Å². The molecule has 1 saturated heterocycles. The zero-order valence-electron chi connectivity index (χ0n) is 11.9. The van der Waals surface area contributed by atoms with Crippen LogP contribution in [0.5, 0.6) is 0 Å². The van der Waals surface area contributed by atoms with Gasteiger partial charge in [-0.25, -0.2) is 0 Å². The smallest absolute Gasteiger partial charge is 0.271 e. The van der Waals surface area contributed by atoms with Gasteiger partial charge in [0.15, 0.2) is 5.78 Å². The summed E-state index contributed by atoms with van der Waals surface area (Å²) in [5.41, 5.74) is 0.934. The fourth-order valence-electron chi connectivity index (χ4n) is 2.73. The average Bonchev–Trinajstić information content (AvgIpc) is 2.86. The van der Waals surface area contributed by atoms with Gasteiger partial charge in [-0.3, -0.25) is 9.59 Å². The van der Waals surface area contributed by atoms with Gasteiger partial charge in [0.2, 0.25) is 0 Å². The monoisotopic (exact) mass is 273 g/mol. The number of Topliss-reactive ketones (excluding diaryl/α,β-unsaturated/α-hetero) is 1. The minimum atomic E-state index is -0.304. The Kier molecular flexibility index (Phi) is 4.23. The summed E-state index contributed by atoms with van der Waals surface area (Å²) < 4.78 is 1.66. The zero-order valence-corrected chi connectivity index (χ0v) is 11.9. The molecule has 20 heavy (non-hydrogen) atoms. The van der Waals surface area contributed by atoms with E-state index in [-0.39, 0.29) is 17.7 Å². The van der Waals surface area contributed by atoms with Gasteiger partial charge in [0.1, 0.15) is 11.8 Å². The Morgan fingerprint density at radius 2 is 2.20 bits per heavy atom. The summed E-state index contributed by atoms with van der Waals surface area (Å²) in [4.78, 5) is 26.3. The number of piperidine rings is 1. The standard InChI is InChI=1S/C15H19N3O2/c1-3-14(19)12-6-4-5-7-18(12)15(20)13-8-11(9-16)10-17(13)2/h8,10,12H,3-7H2,1-2H3/t12-/m0/s1. The molecule has 0 bridgehead atoms. The van der Waals surface area contributed by atoms with Gasteiger partial charge in [0.05, 0.1) is 11.6 Å². The fourth-order valence-corrected chi connectivity index (χ4v) is 2.73. The van der Waals surface area contributed by atoms with Crippen LogP contribution in [0.1, 0.15) is 48.7 Å². The van der Waals surface area contributed by atoms with Gasteiger partial charge in [0.25, 0.3) is 5.91 Å². The maximum absolute atomic E-state index is 12.6. The van der Waals surface area contributed by atoms with Crippen molar-refractivity contribution in [1.82, 2.24) is 9.47 Å². The van der Waals surface area contributed by atoms with Crippen LogP contribution >= 0.6 is 0 Å². The van der Waals surface area contributed by atoms with E-state index in [2.05, 4.69) is 0 Å². The molecule has 0 radical (unpaired) electrons. The normalized spacial score (nSPS) is 18.6. The molecule has 2 rings (SSSR count). The highest BCUT2D eigenvalue weighted by atomic mass is 16.2. The van der Waals surface area contributed by atoms with E-state index >= 15 is 0 Å². The Balaban J connectivity index is 2.27. The van der Waals surface area contributed by atoms with Crippen LogP contribution < -0.4 is 0 Å². The van der Waals surface area contributed by atoms with Gasteiger partial charge >= 0.3 is 0 Å². The Labute approximate surface area is 118 Å². The number of nitrogens with zero attached hydrogens (tertiary/aromatic N) is 3. The second-order valence-corrected chi connectivity index (χ2v) is 5.17. The zero-order chi connectivity index (χ0) is 14.7. The second-order valence-electron chi connectivity index (χ2n) is 5.17. The van der Waals surface area contributed by atoms with Gasteiger partial charge in [0, 0.05) is 26.2 Å². The molecule has 0 N–H and O–H groups in total. The number of ketones is 1. The number of hydrogen-bond acceptors (Lipinski definition) is 3. The first-order chi connectivity index (χ1) is 9.58. The number of hydrogen-bond donors (Lipinski definition) is 0. The largest absolute Gasteiger partial charge is 0.345 e. The minimum absolute atomic E-state index is 0.118. The van der Waals surface area contributed by atoms with Crippen LogP contribution in [0.4, 0.5) is 0 Å². The maximum atomic E-state index is 12.6. The molecule has 1 amide bonds. The van der Waals surface area contributed by atoms with E-state index in [0.717, 1.165) is 19.3 Å². The third-order valence-corrected chi connectivity index (χ3v) is 3.84. The number of nitriles is 1. The van der Waals surface area contributed by atoms with Gasteiger partial charge in [-0.1, -0.05) is 6.92 Å². The van der Waals surface area contributed by atoms with E-state index in [4.69, 9.17) is 5.26 Å². The molecule has 0 unspecified atom stereocenters. The molecule has 1 aliphatic rings. The highest BCUT2D eigenvalue weighted by molar-refractivity contribution is 5.97. The minimum Gasteiger partial charge on any atom is -0.345 e. The second kappa shape index (κ2) is 5.91. The molecule has 106 valence electrons. The van der Waals surface area contributed by atoms with E-state index < -0.39 is 0 Å². The van der Waals surface area contributed by atoms with Gasteiger partial charge in [-0.05, 0) is 25.3 Å². The van der Waals surface area contributed by atoms with Crippen LogP contribution in [0.25, 0.3) is 0 Å². The number of rotatable bonds is 3. The maximum Gasteiger partial charge on any atom is 0.271 e. The lowest BCUT2D eigenvalue weighted by molar-refractivity contribution is -0.124. The van der Waals surface area contributed by atoms with Crippen molar-refractivity contribution in [2.45, 2.75) is 38.6 Å². The Morgan fingerprint density at radius 3 is 2.80 bits per heavy atom. The van der Waals surface area contributed by atoms with Crippen molar-refractivity contribution in [3.05, 3.63) is 23.5 Å². The molecule has 1 fully saturated rings. The number of aryl methyl sites for hydroxylation is 1. The number of likely N-dealkylation sites (tertiary alicyclic amines) is 1. The highest BCUT2D eigenvalue weighted by Crippen LogP contribution is 2.22. The van der Waals surface area contributed by atoms with Crippen LogP contribution in [-0.2, 0) is 11.8 Å². The van der Waals surface area contributed by atoms with E-state index in [9.17, 15) is 9.59 Å². The molecular weight excluding hydrogens is 254 g/mol. The summed E-state index contributed by atoms with van der Waals surface area (Å²) in [5, 5.41) is 8.90. The van der Waals surface area contributed by atoms with Crippen molar-refractivity contribution in [2.75, 3.05) is 6.54 Å². The highest BCUT2D eigenvalue weighted by Gasteiger charge is 2.32. The van der Waals surface area contributed by atoms with E-state index in [1.165, 1.54) is 0 Å². The lowest BCUT2D eigenvalue weighted by Crippen LogP contribution is -2.48. The first-order valence-electron chi connectivity index (χ1n) is 6.98. The van der Waals surface area contributed by atoms with Crippen molar-refractivity contribution in [2.24, 2.45) is 7.05 Å². The van der Waals surface area contributed by atoms with Crippen LogP contribution in [-0.4, -0.2) is 33.7 Å². The molecule has 2 heterocycles. The fraction of sp³-hybridized carbons (Fsp3) is 0.533. The van der Waals surface area contributed by atoms with Crippen LogP contribution in [0.3, 0.4) is 0 Å². The van der Waals surface area contributed by atoms with Gasteiger partial charge < -0.3 is 9.47 Å². The Hall–Kier alpha value is -2.09. The van der Waals surface area contributed by atoms with E-state index in [0.29, 0.717) is 24.2 Å². The molecule has 1 aromatic rings. The van der Waals surface area contributed by atoms with Crippen molar-refractivity contribution in [3.8, 4) is 6.07 Å². The molecule has 5 heteroatoms. The number of carbonyl (C=O) groups is 2. The van der Waals surface area contributed by atoms with Crippen molar-refractivity contribution in [3.63, 3.8) is 0 Å². The number of amides is 1. The Bertz CT molecular complexity index is 568. The van der Waals surface area contributed by atoms with Crippen molar-refractivity contribution >= 4 is 11.7 Å². The van der Waals surface area contributed by atoms with Crippen LogP contribution in [0.15, 0.2) is 12.3 Å². The number of aromatic nitrogens is 1. The first kappa shape index (κ1) is 14.3. The Morgan fingerprint density at radius 1 is 1.45 bits per heavy atom. The average molecular weight is 273 g/mol.